The molecule has 242 valence electrons. The molecule has 5 N–H and O–H groups in total. The van der Waals surface area contributed by atoms with Gasteiger partial charge in [-0.05, 0) is 64.0 Å². The summed E-state index contributed by atoms with van der Waals surface area (Å²) in [7, 11) is 0. The smallest absolute Gasteiger partial charge is 0.262 e. The maximum atomic E-state index is 13.4. The largest absolute Gasteiger partial charge is 0.491 e. The lowest BCUT2D eigenvalue weighted by atomic mass is 10.1. The van der Waals surface area contributed by atoms with Gasteiger partial charge < -0.3 is 31.1 Å². The molecule has 2 aromatic carbocycles. The molecule has 3 amide bonds. The fourth-order valence-electron chi connectivity index (χ4n) is 4.04. The third-order valence-electron chi connectivity index (χ3n) is 6.33. The van der Waals surface area contributed by atoms with Crippen LogP contribution in [0.3, 0.4) is 0 Å². The van der Waals surface area contributed by atoms with E-state index in [-0.39, 0.29) is 29.7 Å². The first kappa shape index (κ1) is 35.5. The minimum Gasteiger partial charge on any atom is -0.491 e. The second-order valence-corrected chi connectivity index (χ2v) is 12.0. The van der Waals surface area contributed by atoms with Gasteiger partial charge in [0.25, 0.3) is 5.91 Å². The number of benzene rings is 2. The number of carbonyl (C=O) groups excluding carboxylic acids is 3. The molecule has 3 aromatic rings. The van der Waals surface area contributed by atoms with E-state index < -0.39 is 41.4 Å². The Bertz CT molecular complexity index is 1600. The summed E-state index contributed by atoms with van der Waals surface area (Å²) in [4.78, 5) is 47.2. The number of aryl methyl sites for hydroxylation is 1. The van der Waals surface area contributed by atoms with Gasteiger partial charge in [-0.25, -0.2) is 4.98 Å². The second kappa shape index (κ2) is 16.4. The predicted molar refractivity (Wildman–Crippen MR) is 175 cm³/mol. The van der Waals surface area contributed by atoms with Gasteiger partial charge in [-0.1, -0.05) is 53.6 Å². The molecule has 0 saturated heterocycles. The molecular formula is C33H38ClN7O5. The molecule has 0 aliphatic carbocycles. The van der Waals surface area contributed by atoms with Gasteiger partial charge >= 0.3 is 0 Å². The van der Waals surface area contributed by atoms with Crippen molar-refractivity contribution in [1.82, 2.24) is 25.9 Å². The molecule has 0 spiro atoms. The zero-order valence-electron chi connectivity index (χ0n) is 26.3. The first-order valence-electron chi connectivity index (χ1n) is 14.5. The van der Waals surface area contributed by atoms with Crippen molar-refractivity contribution < 1.29 is 24.2 Å². The van der Waals surface area contributed by atoms with E-state index in [1.54, 1.807) is 24.3 Å². The van der Waals surface area contributed by atoms with Crippen LogP contribution in [0.4, 0.5) is 5.82 Å². The summed E-state index contributed by atoms with van der Waals surface area (Å²) >= 11 is 5.91. The van der Waals surface area contributed by atoms with E-state index >= 15 is 0 Å². The molecule has 13 heteroatoms. The Morgan fingerprint density at radius 2 is 1.83 bits per heavy atom. The van der Waals surface area contributed by atoms with Crippen LogP contribution in [-0.2, 0) is 20.9 Å². The summed E-state index contributed by atoms with van der Waals surface area (Å²) in [5.41, 5.74) is 1.83. The van der Waals surface area contributed by atoms with E-state index in [0.717, 1.165) is 11.1 Å². The summed E-state index contributed by atoms with van der Waals surface area (Å²) in [5, 5.41) is 31.0. The molecule has 0 aliphatic rings. The van der Waals surface area contributed by atoms with Crippen LogP contribution in [0.15, 0.2) is 66.5 Å². The number of ether oxygens (including phenoxy) is 1. The highest BCUT2D eigenvalue weighted by Crippen LogP contribution is 2.17. The van der Waals surface area contributed by atoms with E-state index in [4.69, 9.17) is 16.3 Å². The highest BCUT2D eigenvalue weighted by atomic mass is 35.5. The van der Waals surface area contributed by atoms with E-state index in [2.05, 4.69) is 31.2 Å². The summed E-state index contributed by atoms with van der Waals surface area (Å²) < 4.78 is 5.92. The molecule has 0 aliphatic heterocycles. The normalized spacial score (nSPS) is 13.4. The monoisotopic (exact) mass is 647 g/mol. The number of hydrogen-bond acceptors (Lipinski definition) is 9. The molecule has 0 bridgehead atoms. The number of nitrogens with one attached hydrogen (secondary N) is 4. The van der Waals surface area contributed by atoms with E-state index in [1.807, 2.05) is 58.0 Å². The molecule has 0 radical (unpaired) electrons. The van der Waals surface area contributed by atoms with Crippen LogP contribution in [0, 0.1) is 18.3 Å². The summed E-state index contributed by atoms with van der Waals surface area (Å²) in [6, 6.07) is 13.7. The highest BCUT2D eigenvalue weighted by Gasteiger charge is 2.29. The van der Waals surface area contributed by atoms with Gasteiger partial charge in [0, 0.05) is 12.1 Å². The number of aliphatic hydroxyl groups excluding tert-OH is 1. The summed E-state index contributed by atoms with van der Waals surface area (Å²) in [6.07, 6.45) is 2.91. The van der Waals surface area contributed by atoms with Crippen LogP contribution in [-0.4, -0.2) is 63.1 Å². The maximum Gasteiger partial charge on any atom is 0.262 e. The summed E-state index contributed by atoms with van der Waals surface area (Å²) in [6.45, 7) is 8.73. The average molecular weight is 648 g/mol. The Labute approximate surface area is 273 Å². The fraction of sp³-hybridized carbons (Fsp3) is 0.333. The van der Waals surface area contributed by atoms with Crippen LogP contribution < -0.4 is 26.0 Å². The van der Waals surface area contributed by atoms with Crippen LogP contribution in [0.25, 0.3) is 6.08 Å². The van der Waals surface area contributed by atoms with Crippen molar-refractivity contribution in [2.75, 3.05) is 11.9 Å². The number of aromatic nitrogens is 2. The number of rotatable bonds is 13. The number of anilines is 1. The van der Waals surface area contributed by atoms with Crippen LogP contribution in [0.2, 0.25) is 5.15 Å². The number of aliphatic hydroxyl groups is 1. The third kappa shape index (κ3) is 11.5. The van der Waals surface area contributed by atoms with Crippen molar-refractivity contribution in [1.29, 1.82) is 5.26 Å². The van der Waals surface area contributed by atoms with Crippen molar-refractivity contribution in [3.8, 4) is 11.8 Å². The average Bonchev–Trinajstić information content (AvgIpc) is 2.99. The molecule has 0 fully saturated rings. The molecule has 3 rings (SSSR count). The van der Waals surface area contributed by atoms with E-state index in [1.165, 1.54) is 25.4 Å². The minimum absolute atomic E-state index is 0.0882. The Morgan fingerprint density at radius 1 is 1.11 bits per heavy atom. The van der Waals surface area contributed by atoms with Crippen molar-refractivity contribution in [2.45, 2.75) is 64.9 Å². The number of halogens is 1. The zero-order valence-corrected chi connectivity index (χ0v) is 27.1. The van der Waals surface area contributed by atoms with Gasteiger partial charge in [0.05, 0.1) is 18.5 Å². The lowest BCUT2D eigenvalue weighted by molar-refractivity contribution is -0.131. The van der Waals surface area contributed by atoms with Crippen LogP contribution >= 0.6 is 11.6 Å². The standard InChI is InChI=1S/C33H38ClN7O5/c1-20-9-11-22(12-10-20)16-37-31(44)26(38-32(45)29(21(2)42)40-28-18-36-17-27(34)39-28)19-46-25-8-6-7-23(14-25)13-24(15-35)30(43)41-33(3,4)5/h6-14,17-18,21,26,29,42H,16,19H2,1-5H3,(H,37,44)(H,38,45)(H,39,40)(H,41,43)/t21-,26+,29+/m1/s1. The lowest BCUT2D eigenvalue weighted by Crippen LogP contribution is -2.55. The Hall–Kier alpha value is -4.99. The quantitative estimate of drug-likeness (QED) is 0.137. The Kier molecular flexibility index (Phi) is 12.6. The van der Waals surface area contributed by atoms with Crippen molar-refractivity contribution in [2.24, 2.45) is 0 Å². The number of amides is 3. The van der Waals surface area contributed by atoms with E-state index in [9.17, 15) is 24.8 Å². The molecular weight excluding hydrogens is 610 g/mol. The number of nitrogens with zero attached hydrogens (tertiary/aromatic N) is 3. The lowest BCUT2D eigenvalue weighted by Gasteiger charge is -2.25. The maximum absolute atomic E-state index is 13.4. The molecule has 1 aromatic heterocycles. The highest BCUT2D eigenvalue weighted by molar-refractivity contribution is 6.29. The van der Waals surface area contributed by atoms with Gasteiger partial charge in [-0.3, -0.25) is 19.4 Å². The summed E-state index contributed by atoms with van der Waals surface area (Å²) in [5.74, 6) is -1.26. The molecule has 12 nitrogen and oxygen atoms in total. The predicted octanol–water partition coefficient (Wildman–Crippen LogP) is 3.30. The number of hydrogen-bond donors (Lipinski definition) is 5. The molecule has 0 unspecified atom stereocenters. The van der Waals surface area contributed by atoms with Crippen molar-refractivity contribution in [3.05, 3.63) is 88.3 Å². The first-order chi connectivity index (χ1) is 21.7. The number of nitriles is 1. The third-order valence-corrected chi connectivity index (χ3v) is 6.52. The van der Waals surface area contributed by atoms with Gasteiger partial charge in [0.2, 0.25) is 11.8 Å². The van der Waals surface area contributed by atoms with Gasteiger partial charge in [0.15, 0.2) is 0 Å². The Balaban J connectivity index is 1.79. The SMILES string of the molecule is Cc1ccc(CNC(=O)[C@H](COc2cccc(C=C(C#N)C(=O)NC(C)(C)C)c2)NC(=O)[C@@H](Nc2cncc(Cl)n2)[C@@H](C)O)cc1. The first-order valence-corrected chi connectivity index (χ1v) is 14.8. The molecule has 46 heavy (non-hydrogen) atoms. The van der Waals surface area contributed by atoms with Crippen molar-refractivity contribution in [3.63, 3.8) is 0 Å². The van der Waals surface area contributed by atoms with Crippen molar-refractivity contribution >= 4 is 41.2 Å². The molecule has 0 saturated carbocycles. The van der Waals surface area contributed by atoms with Crippen LogP contribution in [0.5, 0.6) is 5.75 Å². The Morgan fingerprint density at radius 3 is 2.46 bits per heavy atom. The van der Waals surface area contributed by atoms with Gasteiger partial charge in [-0.15, -0.1) is 0 Å². The van der Waals surface area contributed by atoms with E-state index in [0.29, 0.717) is 11.3 Å². The van der Waals surface area contributed by atoms with Crippen LogP contribution in [0.1, 0.15) is 44.4 Å². The topological polar surface area (TPSA) is 178 Å². The molecule has 1 heterocycles. The fourth-order valence-corrected chi connectivity index (χ4v) is 4.18. The molecule has 3 atom stereocenters. The number of carbonyl (C=O) groups is 3. The van der Waals surface area contributed by atoms with Gasteiger partial charge in [0.1, 0.15) is 47.1 Å². The second-order valence-electron chi connectivity index (χ2n) is 11.6. The minimum atomic E-state index is -1.21. The van der Waals surface area contributed by atoms with Gasteiger partial charge in [-0.2, -0.15) is 5.26 Å². The zero-order chi connectivity index (χ0) is 33.9.